The summed E-state index contributed by atoms with van der Waals surface area (Å²) in [6.45, 7) is 3.26. The Balaban J connectivity index is 2.10. The summed E-state index contributed by atoms with van der Waals surface area (Å²) in [6.07, 6.45) is 0. The van der Waals surface area contributed by atoms with E-state index in [0.717, 1.165) is 28.8 Å². The minimum absolute atomic E-state index is 0.0525. The maximum atomic E-state index is 10.2. The Morgan fingerprint density at radius 3 is 2.60 bits per heavy atom. The molecule has 2 aromatic rings. The second-order valence-electron chi connectivity index (χ2n) is 5.23. The van der Waals surface area contributed by atoms with E-state index in [0.29, 0.717) is 12.3 Å². The highest BCUT2D eigenvalue weighted by Gasteiger charge is 2.24. The Bertz CT molecular complexity index is 667. The minimum atomic E-state index is -0.121. The molecule has 0 saturated heterocycles. The summed E-state index contributed by atoms with van der Waals surface area (Å²) in [5.41, 5.74) is 3.75. The van der Waals surface area contributed by atoms with Gasteiger partial charge in [0, 0.05) is 24.6 Å². The third-order valence-electron chi connectivity index (χ3n) is 3.95. The van der Waals surface area contributed by atoms with Crippen LogP contribution < -0.4 is 5.32 Å². The summed E-state index contributed by atoms with van der Waals surface area (Å²) in [4.78, 5) is 0. The smallest absolute Gasteiger partial charge is 0.157 e. The van der Waals surface area contributed by atoms with Crippen molar-refractivity contribution in [3.63, 3.8) is 0 Å². The van der Waals surface area contributed by atoms with Crippen LogP contribution >= 0.6 is 0 Å². The van der Waals surface area contributed by atoms with Crippen molar-refractivity contribution in [1.29, 1.82) is 0 Å². The van der Waals surface area contributed by atoms with Crippen LogP contribution in [-0.2, 0) is 6.54 Å². The van der Waals surface area contributed by atoms with Gasteiger partial charge in [-0.2, -0.15) is 0 Å². The topological polar surface area (TPSA) is 72.7 Å². The van der Waals surface area contributed by atoms with Crippen molar-refractivity contribution < 1.29 is 15.3 Å². The first-order chi connectivity index (χ1) is 9.58. The number of hydrogen-bond donors (Lipinski definition) is 4. The average Bonchev–Trinajstić information content (AvgIpc) is 2.45. The van der Waals surface area contributed by atoms with Crippen molar-refractivity contribution in [2.24, 2.45) is 0 Å². The fourth-order valence-corrected chi connectivity index (χ4v) is 2.79. The molecule has 1 aliphatic rings. The first kappa shape index (κ1) is 12.8. The van der Waals surface area contributed by atoms with Gasteiger partial charge < -0.3 is 20.6 Å². The molecule has 4 nitrogen and oxygen atoms in total. The number of benzene rings is 2. The standard InChI is InChI=1S/C16H17NO3/c1-9-2-4-11-12(7-17-8-13(11)16(9)20)10-3-5-14(18)15(19)6-10/h2-6,12,17-20H,7-8H2,1H3. The first-order valence-electron chi connectivity index (χ1n) is 6.62. The fourth-order valence-electron chi connectivity index (χ4n) is 2.79. The Labute approximate surface area is 117 Å². The van der Waals surface area contributed by atoms with Crippen molar-refractivity contribution in [3.8, 4) is 17.2 Å². The number of hydrogen-bond acceptors (Lipinski definition) is 4. The third-order valence-corrected chi connectivity index (χ3v) is 3.95. The van der Waals surface area contributed by atoms with E-state index in [1.165, 1.54) is 6.07 Å². The number of phenols is 3. The van der Waals surface area contributed by atoms with Crippen LogP contribution in [0.4, 0.5) is 0 Å². The van der Waals surface area contributed by atoms with Gasteiger partial charge in [0.2, 0.25) is 0 Å². The number of aryl methyl sites for hydroxylation is 1. The highest BCUT2D eigenvalue weighted by Crippen LogP contribution is 2.38. The monoisotopic (exact) mass is 271 g/mol. The largest absolute Gasteiger partial charge is 0.507 e. The van der Waals surface area contributed by atoms with E-state index >= 15 is 0 Å². The van der Waals surface area contributed by atoms with E-state index in [1.54, 1.807) is 12.1 Å². The molecular formula is C16H17NO3. The molecule has 0 aromatic heterocycles. The summed E-state index contributed by atoms with van der Waals surface area (Å²) in [5, 5.41) is 32.5. The van der Waals surface area contributed by atoms with E-state index in [-0.39, 0.29) is 17.4 Å². The first-order valence-corrected chi connectivity index (χ1v) is 6.62. The molecule has 0 bridgehead atoms. The zero-order valence-electron chi connectivity index (χ0n) is 11.2. The molecule has 20 heavy (non-hydrogen) atoms. The molecule has 1 aliphatic heterocycles. The molecule has 0 saturated carbocycles. The number of phenolic OH excluding ortho intramolecular Hbond substituents is 3. The molecule has 0 aliphatic carbocycles. The van der Waals surface area contributed by atoms with E-state index in [4.69, 9.17) is 0 Å². The Morgan fingerprint density at radius 1 is 1.05 bits per heavy atom. The number of aromatic hydroxyl groups is 3. The van der Waals surface area contributed by atoms with E-state index in [1.807, 2.05) is 19.1 Å². The van der Waals surface area contributed by atoms with Gasteiger partial charge in [-0.15, -0.1) is 0 Å². The maximum absolute atomic E-state index is 10.2. The lowest BCUT2D eigenvalue weighted by Crippen LogP contribution is -2.29. The Kier molecular flexibility index (Phi) is 3.03. The lowest BCUT2D eigenvalue weighted by atomic mass is 9.84. The quantitative estimate of drug-likeness (QED) is 0.601. The molecule has 1 atom stereocenters. The van der Waals surface area contributed by atoms with Crippen LogP contribution in [0.2, 0.25) is 0 Å². The van der Waals surface area contributed by atoms with Gasteiger partial charge in [-0.3, -0.25) is 0 Å². The predicted octanol–water partition coefficient (Wildman–Crippen LogP) is 2.35. The SMILES string of the molecule is Cc1ccc2c(c1O)CNCC2c1ccc(O)c(O)c1. The number of nitrogens with one attached hydrogen (secondary N) is 1. The average molecular weight is 271 g/mol. The van der Waals surface area contributed by atoms with Gasteiger partial charge >= 0.3 is 0 Å². The van der Waals surface area contributed by atoms with Gasteiger partial charge in [0.25, 0.3) is 0 Å². The lowest BCUT2D eigenvalue weighted by molar-refractivity contribution is 0.402. The molecule has 0 fully saturated rings. The van der Waals surface area contributed by atoms with E-state index in [2.05, 4.69) is 5.32 Å². The van der Waals surface area contributed by atoms with Crippen LogP contribution in [0.1, 0.15) is 28.2 Å². The van der Waals surface area contributed by atoms with Crippen molar-refractivity contribution in [2.45, 2.75) is 19.4 Å². The van der Waals surface area contributed by atoms with Crippen molar-refractivity contribution in [1.82, 2.24) is 5.32 Å². The highest BCUT2D eigenvalue weighted by atomic mass is 16.3. The van der Waals surface area contributed by atoms with Gasteiger partial charge in [-0.25, -0.2) is 0 Å². The summed E-state index contributed by atoms with van der Waals surface area (Å²) in [5.74, 6) is 0.148. The minimum Gasteiger partial charge on any atom is -0.507 e. The lowest BCUT2D eigenvalue weighted by Gasteiger charge is -2.28. The summed E-state index contributed by atoms with van der Waals surface area (Å²) in [7, 11) is 0. The molecule has 4 heteroatoms. The summed E-state index contributed by atoms with van der Waals surface area (Å²) < 4.78 is 0. The fraction of sp³-hybridized carbons (Fsp3) is 0.250. The molecule has 0 radical (unpaired) electrons. The molecule has 3 rings (SSSR count). The molecule has 1 unspecified atom stereocenters. The van der Waals surface area contributed by atoms with Crippen LogP contribution in [0.3, 0.4) is 0 Å². The Hall–Kier alpha value is -2.20. The molecule has 1 heterocycles. The maximum Gasteiger partial charge on any atom is 0.157 e. The highest BCUT2D eigenvalue weighted by molar-refractivity contribution is 5.52. The van der Waals surface area contributed by atoms with Crippen molar-refractivity contribution in [2.75, 3.05) is 6.54 Å². The van der Waals surface area contributed by atoms with Crippen molar-refractivity contribution >= 4 is 0 Å². The van der Waals surface area contributed by atoms with Crippen LogP contribution in [0.15, 0.2) is 30.3 Å². The normalized spacial score (nSPS) is 17.8. The van der Waals surface area contributed by atoms with Gasteiger partial charge in [-0.1, -0.05) is 18.2 Å². The van der Waals surface area contributed by atoms with E-state index < -0.39 is 0 Å². The zero-order valence-corrected chi connectivity index (χ0v) is 11.2. The van der Waals surface area contributed by atoms with Gasteiger partial charge in [0.05, 0.1) is 0 Å². The molecule has 0 spiro atoms. The summed E-state index contributed by atoms with van der Waals surface area (Å²) in [6, 6.07) is 8.81. The summed E-state index contributed by atoms with van der Waals surface area (Å²) >= 11 is 0. The number of fused-ring (bicyclic) bond motifs is 1. The number of rotatable bonds is 1. The third kappa shape index (κ3) is 1.98. The molecule has 0 amide bonds. The van der Waals surface area contributed by atoms with Gasteiger partial charge in [0.1, 0.15) is 5.75 Å². The second kappa shape index (κ2) is 4.72. The van der Waals surface area contributed by atoms with E-state index in [9.17, 15) is 15.3 Å². The van der Waals surface area contributed by atoms with Crippen LogP contribution in [-0.4, -0.2) is 21.9 Å². The van der Waals surface area contributed by atoms with Gasteiger partial charge in [-0.05, 0) is 35.7 Å². The molecular weight excluding hydrogens is 254 g/mol. The molecule has 4 N–H and O–H groups in total. The van der Waals surface area contributed by atoms with Crippen molar-refractivity contribution in [3.05, 3.63) is 52.6 Å². The van der Waals surface area contributed by atoms with Crippen LogP contribution in [0, 0.1) is 6.92 Å². The van der Waals surface area contributed by atoms with Crippen LogP contribution in [0.25, 0.3) is 0 Å². The molecule has 104 valence electrons. The molecule has 2 aromatic carbocycles. The van der Waals surface area contributed by atoms with Gasteiger partial charge in [0.15, 0.2) is 11.5 Å². The second-order valence-corrected chi connectivity index (χ2v) is 5.23. The predicted molar refractivity (Wildman–Crippen MR) is 76.2 cm³/mol. The zero-order chi connectivity index (χ0) is 14.3. The Morgan fingerprint density at radius 2 is 1.85 bits per heavy atom. The van der Waals surface area contributed by atoms with Crippen LogP contribution in [0.5, 0.6) is 17.2 Å².